The molecule has 104 valence electrons. The highest BCUT2D eigenvalue weighted by molar-refractivity contribution is 6.31. The number of hydrogen-bond acceptors (Lipinski definition) is 4. The van der Waals surface area contributed by atoms with Crippen molar-refractivity contribution < 1.29 is 4.74 Å². The summed E-state index contributed by atoms with van der Waals surface area (Å²) < 4.78 is 5.75. The first-order valence-corrected chi connectivity index (χ1v) is 6.94. The van der Waals surface area contributed by atoms with Gasteiger partial charge in [-0.1, -0.05) is 29.8 Å². The van der Waals surface area contributed by atoms with Gasteiger partial charge in [-0.25, -0.2) is 4.98 Å². The van der Waals surface area contributed by atoms with E-state index >= 15 is 0 Å². The quantitative estimate of drug-likeness (QED) is 0.923. The Hall–Kier alpha value is -1.78. The highest BCUT2D eigenvalue weighted by Crippen LogP contribution is 2.24. The van der Waals surface area contributed by atoms with Crippen LogP contribution in [0.5, 0.6) is 5.75 Å². The number of hydrogen-bond donors (Lipinski definition) is 1. The van der Waals surface area contributed by atoms with Crippen molar-refractivity contribution >= 4 is 17.4 Å². The van der Waals surface area contributed by atoms with Crippen LogP contribution in [-0.2, 0) is 13.1 Å². The Labute approximate surface area is 123 Å². The lowest BCUT2D eigenvalue weighted by atomic mass is 10.2. The summed E-state index contributed by atoms with van der Waals surface area (Å²) in [5, 5.41) is 0.651. The second kappa shape index (κ2) is 5.69. The molecule has 0 amide bonds. The second-order valence-electron chi connectivity index (χ2n) is 4.83. The zero-order chi connectivity index (χ0) is 13.9. The molecule has 4 nitrogen and oxygen atoms in total. The maximum absolute atomic E-state index is 6.18. The Kier molecular flexibility index (Phi) is 3.76. The van der Waals surface area contributed by atoms with Crippen molar-refractivity contribution in [1.29, 1.82) is 0 Å². The molecule has 2 aromatic rings. The number of aromatic nitrogens is 1. The van der Waals surface area contributed by atoms with Crippen LogP contribution in [0.1, 0.15) is 11.3 Å². The van der Waals surface area contributed by atoms with E-state index in [4.69, 9.17) is 22.1 Å². The first-order chi connectivity index (χ1) is 9.72. The zero-order valence-electron chi connectivity index (χ0n) is 11.1. The van der Waals surface area contributed by atoms with Gasteiger partial charge in [0.05, 0.1) is 10.7 Å². The summed E-state index contributed by atoms with van der Waals surface area (Å²) in [6, 6.07) is 11.6. The molecule has 1 aliphatic rings. The minimum absolute atomic E-state index is 0.496. The average molecular weight is 290 g/mol. The maximum Gasteiger partial charge on any atom is 0.123 e. The molecule has 3 rings (SSSR count). The minimum Gasteiger partial charge on any atom is -0.492 e. The van der Waals surface area contributed by atoms with E-state index in [1.54, 1.807) is 12.1 Å². The van der Waals surface area contributed by atoms with Crippen LogP contribution in [0.25, 0.3) is 0 Å². The summed E-state index contributed by atoms with van der Waals surface area (Å²) in [7, 11) is 0. The fraction of sp³-hybridized carbons (Fsp3) is 0.267. The standard InChI is InChI=1S/C15H16ClN3O/c16-12-5-6-15(17)18-13(12)10-19-7-8-20-14-4-2-1-3-11(14)9-19/h1-6H,7-10H2,(H2,17,18). The summed E-state index contributed by atoms with van der Waals surface area (Å²) in [5.41, 5.74) is 7.72. The van der Waals surface area contributed by atoms with Crippen LogP contribution >= 0.6 is 11.6 Å². The van der Waals surface area contributed by atoms with Gasteiger partial charge in [0.15, 0.2) is 0 Å². The highest BCUT2D eigenvalue weighted by atomic mass is 35.5. The third-order valence-corrected chi connectivity index (χ3v) is 3.69. The van der Waals surface area contributed by atoms with Crippen LogP contribution in [0, 0.1) is 0 Å². The predicted molar refractivity (Wildman–Crippen MR) is 79.7 cm³/mol. The van der Waals surface area contributed by atoms with Gasteiger partial charge in [0.1, 0.15) is 18.2 Å². The fourth-order valence-corrected chi connectivity index (χ4v) is 2.50. The number of nitrogen functional groups attached to an aromatic ring is 1. The fourth-order valence-electron chi connectivity index (χ4n) is 2.34. The average Bonchev–Trinajstić information content (AvgIpc) is 2.64. The van der Waals surface area contributed by atoms with Crippen molar-refractivity contribution in [2.75, 3.05) is 18.9 Å². The third-order valence-electron chi connectivity index (χ3n) is 3.35. The van der Waals surface area contributed by atoms with Crippen molar-refractivity contribution in [3.8, 4) is 5.75 Å². The van der Waals surface area contributed by atoms with Gasteiger partial charge in [0, 0.05) is 25.2 Å². The Balaban J connectivity index is 1.80. The van der Waals surface area contributed by atoms with Crippen LogP contribution in [0.2, 0.25) is 5.02 Å². The molecule has 1 aromatic heterocycles. The maximum atomic E-state index is 6.18. The Morgan fingerprint density at radius 3 is 3.00 bits per heavy atom. The van der Waals surface area contributed by atoms with E-state index in [9.17, 15) is 0 Å². The molecule has 0 spiro atoms. The first kappa shape index (κ1) is 13.2. The van der Waals surface area contributed by atoms with E-state index in [0.29, 0.717) is 24.0 Å². The van der Waals surface area contributed by atoms with E-state index in [1.807, 2.05) is 18.2 Å². The smallest absolute Gasteiger partial charge is 0.123 e. The first-order valence-electron chi connectivity index (χ1n) is 6.56. The molecule has 1 aliphatic heterocycles. The summed E-state index contributed by atoms with van der Waals surface area (Å²) in [6.45, 7) is 2.99. The number of anilines is 1. The molecule has 0 radical (unpaired) electrons. The number of fused-ring (bicyclic) bond motifs is 1. The van der Waals surface area contributed by atoms with Gasteiger partial charge < -0.3 is 10.5 Å². The van der Waals surface area contributed by atoms with E-state index in [-0.39, 0.29) is 0 Å². The third kappa shape index (κ3) is 2.86. The Morgan fingerprint density at radius 2 is 2.10 bits per heavy atom. The molecule has 0 saturated carbocycles. The van der Waals surface area contributed by atoms with Gasteiger partial charge in [0.2, 0.25) is 0 Å². The second-order valence-corrected chi connectivity index (χ2v) is 5.24. The SMILES string of the molecule is Nc1ccc(Cl)c(CN2CCOc3ccccc3C2)n1. The van der Waals surface area contributed by atoms with Gasteiger partial charge in [-0.05, 0) is 18.2 Å². The van der Waals surface area contributed by atoms with Crippen LogP contribution in [0.4, 0.5) is 5.82 Å². The van der Waals surface area contributed by atoms with E-state index in [0.717, 1.165) is 24.5 Å². The van der Waals surface area contributed by atoms with E-state index < -0.39 is 0 Å². The van der Waals surface area contributed by atoms with Crippen LogP contribution in [-0.4, -0.2) is 23.0 Å². The van der Waals surface area contributed by atoms with Crippen LogP contribution in [0.3, 0.4) is 0 Å². The van der Waals surface area contributed by atoms with Gasteiger partial charge in [0.25, 0.3) is 0 Å². The summed E-state index contributed by atoms with van der Waals surface area (Å²) in [6.07, 6.45) is 0. The lowest BCUT2D eigenvalue weighted by molar-refractivity contribution is 0.218. The molecule has 1 aromatic carbocycles. The molecule has 2 N–H and O–H groups in total. The van der Waals surface area contributed by atoms with E-state index in [2.05, 4.69) is 16.0 Å². The molecule has 0 bridgehead atoms. The number of halogens is 1. The molecule has 0 saturated heterocycles. The molecule has 0 aliphatic carbocycles. The molecular formula is C15H16ClN3O. The lowest BCUT2D eigenvalue weighted by Crippen LogP contribution is -2.26. The number of nitrogens with zero attached hydrogens (tertiary/aromatic N) is 2. The van der Waals surface area contributed by atoms with Gasteiger partial charge >= 0.3 is 0 Å². The number of ether oxygens (including phenoxy) is 1. The van der Waals surface area contributed by atoms with Gasteiger partial charge in [-0.3, -0.25) is 4.90 Å². The normalized spacial score (nSPS) is 15.2. The summed E-state index contributed by atoms with van der Waals surface area (Å²) >= 11 is 6.18. The molecule has 20 heavy (non-hydrogen) atoms. The number of rotatable bonds is 2. The molecular weight excluding hydrogens is 274 g/mol. The largest absolute Gasteiger partial charge is 0.492 e. The summed E-state index contributed by atoms with van der Waals surface area (Å²) in [4.78, 5) is 6.58. The molecule has 0 atom stereocenters. The van der Waals surface area contributed by atoms with Crippen molar-refractivity contribution in [2.45, 2.75) is 13.1 Å². The topological polar surface area (TPSA) is 51.4 Å². The lowest BCUT2D eigenvalue weighted by Gasteiger charge is -2.19. The minimum atomic E-state index is 0.496. The van der Waals surface area contributed by atoms with Crippen molar-refractivity contribution in [3.63, 3.8) is 0 Å². The molecule has 2 heterocycles. The van der Waals surface area contributed by atoms with Gasteiger partial charge in [-0.15, -0.1) is 0 Å². The number of nitrogens with two attached hydrogens (primary N) is 1. The summed E-state index contributed by atoms with van der Waals surface area (Å²) in [5.74, 6) is 1.46. The molecule has 5 heteroatoms. The Bertz CT molecular complexity index is 618. The van der Waals surface area contributed by atoms with Crippen molar-refractivity contribution in [2.24, 2.45) is 0 Å². The molecule has 0 fully saturated rings. The van der Waals surface area contributed by atoms with Gasteiger partial charge in [-0.2, -0.15) is 0 Å². The number of benzene rings is 1. The highest BCUT2D eigenvalue weighted by Gasteiger charge is 2.16. The van der Waals surface area contributed by atoms with Crippen LogP contribution < -0.4 is 10.5 Å². The monoisotopic (exact) mass is 289 g/mol. The predicted octanol–water partition coefficient (Wildman–Crippen LogP) is 2.71. The van der Waals surface area contributed by atoms with Crippen molar-refractivity contribution in [1.82, 2.24) is 9.88 Å². The number of pyridine rings is 1. The van der Waals surface area contributed by atoms with Crippen LogP contribution in [0.15, 0.2) is 36.4 Å². The van der Waals surface area contributed by atoms with Crippen molar-refractivity contribution in [3.05, 3.63) is 52.7 Å². The number of para-hydroxylation sites is 1. The van der Waals surface area contributed by atoms with E-state index in [1.165, 1.54) is 5.56 Å². The Morgan fingerprint density at radius 1 is 1.25 bits per heavy atom. The zero-order valence-corrected chi connectivity index (χ0v) is 11.8. The molecule has 0 unspecified atom stereocenters.